The van der Waals surface area contributed by atoms with Gasteiger partial charge in [-0.25, -0.2) is 0 Å². The zero-order valence-electron chi connectivity index (χ0n) is 84.0. The Kier molecular flexibility index (Phi) is 12.9. The molecule has 0 saturated carbocycles. The van der Waals surface area contributed by atoms with Gasteiger partial charge in [0, 0.05) is 99.8 Å². The van der Waals surface area contributed by atoms with Gasteiger partial charge in [-0.1, -0.05) is 298 Å². The molecule has 0 fully saturated rings. The van der Waals surface area contributed by atoms with Crippen LogP contribution < -0.4 is 26.2 Å². The van der Waals surface area contributed by atoms with Gasteiger partial charge in [0.2, 0.25) is 0 Å². The second-order valence-electron chi connectivity index (χ2n) is 36.4. The first-order chi connectivity index (χ1) is 62.4. The van der Waals surface area contributed by atoms with E-state index in [9.17, 15) is 21.9 Å². The van der Waals surface area contributed by atoms with Crippen molar-refractivity contribution in [2.45, 2.75) is 131 Å². The Labute approximate surface area is 705 Å². The van der Waals surface area contributed by atoms with E-state index in [1.165, 1.54) is 0 Å². The Morgan fingerprint density at radius 3 is 1.00 bits per heavy atom. The van der Waals surface area contributed by atoms with Gasteiger partial charge in [-0.2, -0.15) is 0 Å². The average Bonchev–Trinajstić information content (AvgIpc) is 0.985. The maximum atomic E-state index is 10.4. The van der Waals surface area contributed by atoms with Crippen LogP contribution in [0, 0.1) is 0 Å². The largest absolute Gasteiger partial charge is 0.310 e. The van der Waals surface area contributed by atoms with Crippen molar-refractivity contribution in [3.8, 4) is 61.7 Å². The Balaban J connectivity index is 1.06. The highest BCUT2D eigenvalue weighted by Crippen LogP contribution is 2.56. The van der Waals surface area contributed by atoms with Crippen LogP contribution in [0.1, 0.15) is 154 Å². The fraction of sp³-hybridized carbons (Fsp3) is 0.183. The van der Waals surface area contributed by atoms with E-state index in [1.807, 2.05) is 103 Å². The molecule has 0 unspecified atom stereocenters. The van der Waals surface area contributed by atoms with Gasteiger partial charge in [-0.3, -0.25) is 4.98 Å². The number of rotatable bonds is 9. The molecule has 116 heavy (non-hydrogen) atoms. The highest BCUT2D eigenvalue weighted by atomic mass is 15.2. The number of hydrogen-bond donors (Lipinski definition) is 0. The van der Waals surface area contributed by atoms with Crippen molar-refractivity contribution in [3.05, 3.63) is 343 Å². The van der Waals surface area contributed by atoms with Crippen LogP contribution in [0.25, 0.3) is 127 Å². The van der Waals surface area contributed by atoms with Gasteiger partial charge in [-0.05, 0) is 198 Å². The number of benzene rings is 14. The second kappa shape index (κ2) is 26.4. The molecule has 18 aromatic rings. The van der Waals surface area contributed by atoms with Crippen LogP contribution in [-0.2, 0) is 27.1 Å². The zero-order valence-corrected chi connectivity index (χ0v) is 68.0. The molecule has 0 radical (unpaired) electrons. The lowest BCUT2D eigenvalue weighted by Crippen LogP contribution is -2.61. The fourth-order valence-electron chi connectivity index (χ4n) is 17.8. The molecular weight excluding hydrogens is 1400 g/mol. The van der Waals surface area contributed by atoms with Gasteiger partial charge in [0.15, 0.2) is 0 Å². The van der Waals surface area contributed by atoms with Crippen LogP contribution in [0.15, 0.2) is 315 Å². The lowest BCUT2D eigenvalue weighted by Gasteiger charge is -2.46. The van der Waals surface area contributed by atoms with E-state index in [2.05, 4.69) is 233 Å². The monoisotopic (exact) mass is 1520 g/mol. The zero-order chi connectivity index (χ0) is 93.7. The smallest absolute Gasteiger partial charge is 0.252 e. The maximum absolute atomic E-state index is 10.4. The Morgan fingerprint density at radius 1 is 0.276 bits per heavy atom. The number of aromatic nitrogens is 4. The minimum absolute atomic E-state index is 0.0967. The third-order valence-electron chi connectivity index (χ3n) is 23.8. The highest BCUT2D eigenvalue weighted by molar-refractivity contribution is 7.00. The average molecular weight is 1520 g/mol. The van der Waals surface area contributed by atoms with Crippen molar-refractivity contribution in [1.29, 1.82) is 0 Å². The first-order valence-electron chi connectivity index (χ1n) is 48.1. The first kappa shape index (κ1) is 56.5. The Bertz CT molecular complexity index is 7780. The third-order valence-corrected chi connectivity index (χ3v) is 23.8. The summed E-state index contributed by atoms with van der Waals surface area (Å²) in [5.41, 5.74) is 17.7. The van der Waals surface area contributed by atoms with E-state index in [0.29, 0.717) is 50.6 Å². The van der Waals surface area contributed by atoms with Crippen LogP contribution in [0.4, 0.5) is 34.1 Å². The van der Waals surface area contributed by atoms with E-state index in [1.54, 1.807) is 9.13 Å². The van der Waals surface area contributed by atoms with Crippen molar-refractivity contribution < 1.29 is 21.9 Å². The van der Waals surface area contributed by atoms with Crippen molar-refractivity contribution in [3.63, 3.8) is 0 Å². The summed E-state index contributed by atoms with van der Waals surface area (Å²) in [5, 5.41) is 1.64. The van der Waals surface area contributed by atoms with Gasteiger partial charge < -0.3 is 23.5 Å². The molecule has 0 amide bonds. The molecular formula is C109H97BN6. The minimum Gasteiger partial charge on any atom is -0.310 e. The SMILES string of the molecule is [2H]c1c([2H])c([2H])c2c(c1[2H])c1c([2H])c([2H])c([2H])c([2H])c1n2-c1ccc2c(c1)N(c1c(-c3ccccc3)cc(C(C)(C)C)cc1-c1cccc(C(C)(C)C)n1)c1cc(-n3c4c([2H])c([2H])c([2H])c([2H])c4c4c([2H])c([2H])c([2H])c([2H])c43)cc3c1B2c1ccc(-n2c4ccc(C(C)(C)C)cc4c4cc(C(C)(C)C)ccc42)cc1N3c1c(-c2ccccc2)cc(C(C)(C)C)cc1-c1ccccc1. The molecule has 6 heterocycles. The number of fused-ring (bicyclic) bond motifs is 13. The topological polar surface area (TPSA) is 34.2 Å². The number of pyridine rings is 1. The molecule has 0 bridgehead atoms. The summed E-state index contributed by atoms with van der Waals surface area (Å²) in [7, 11) is 0. The summed E-state index contributed by atoms with van der Waals surface area (Å²) in [5.74, 6) is 0. The standard InChI is InChI=1S/C109H97BN6/c1-105(2,3)71-50-56-95-85(58-71)86-59-72(106(4,5)6)51-57-96(86)113(95)76-53-55-88-97(65-76)115(103-82(68-34-19-16-20-35-68)60-73(107(7,8)9)61-83(103)69-36-21-17-22-37-69)99-66-77(114-93-47-31-27-42-80(93)81-43-28-32-48-94(81)114)67-100-102(99)110(88)89-54-52-75(112-91-45-29-25-40-78(91)79-41-26-30-46-92(79)112)64-98(89)116(100)104-84(70-38-23-18-24-39-70)62-74(108(10,11)12)63-87(104)90-44-33-49-101(111-90)109(13,14)15/h16-67H,1-15H3/i25D,26D,27D,28D,29D,30D,31D,32D,40D,41D,42D,43D,45D,46D,47D,48D. The molecule has 6 nitrogen and oxygen atoms in total. The summed E-state index contributed by atoms with van der Waals surface area (Å²) in [6, 6.07) is 67.2. The summed E-state index contributed by atoms with van der Waals surface area (Å²) in [6.07, 6.45) is 0. The van der Waals surface area contributed by atoms with E-state index in [0.717, 1.165) is 100.0 Å². The summed E-state index contributed by atoms with van der Waals surface area (Å²) >= 11 is 0. The first-order valence-corrected chi connectivity index (χ1v) is 40.1. The Hall–Kier alpha value is -12.7. The van der Waals surface area contributed by atoms with Crippen molar-refractivity contribution in [1.82, 2.24) is 18.7 Å². The van der Waals surface area contributed by atoms with Gasteiger partial charge >= 0.3 is 0 Å². The molecule has 0 spiro atoms. The van der Waals surface area contributed by atoms with Crippen LogP contribution in [0.2, 0.25) is 0 Å². The summed E-state index contributed by atoms with van der Waals surface area (Å²) in [6.45, 7) is 32.0. The van der Waals surface area contributed by atoms with Gasteiger partial charge in [0.1, 0.15) is 0 Å². The van der Waals surface area contributed by atoms with E-state index < -0.39 is 120 Å². The van der Waals surface area contributed by atoms with Gasteiger partial charge in [-0.15, -0.1) is 0 Å². The Morgan fingerprint density at radius 2 is 0.621 bits per heavy atom. The number of nitrogens with zero attached hydrogens (tertiary/aromatic N) is 6. The molecule has 566 valence electrons. The normalized spacial score (nSPS) is 15.2. The third kappa shape index (κ3) is 11.7. The minimum atomic E-state index is -0.860. The highest BCUT2D eigenvalue weighted by Gasteiger charge is 2.47. The van der Waals surface area contributed by atoms with Gasteiger partial charge in [0.05, 0.1) is 77.8 Å². The molecule has 7 heteroatoms. The molecule has 4 aromatic heterocycles. The second-order valence-corrected chi connectivity index (χ2v) is 36.4. The number of hydrogen-bond acceptors (Lipinski definition) is 3. The van der Waals surface area contributed by atoms with Crippen molar-refractivity contribution in [2.75, 3.05) is 9.80 Å². The summed E-state index contributed by atoms with van der Waals surface area (Å²) < 4.78 is 162. The van der Waals surface area contributed by atoms with Crippen molar-refractivity contribution >= 4 is 123 Å². The van der Waals surface area contributed by atoms with E-state index in [-0.39, 0.29) is 65.8 Å². The van der Waals surface area contributed by atoms with E-state index in [4.69, 9.17) is 4.98 Å². The predicted octanol–water partition coefficient (Wildman–Crippen LogP) is 27.6. The molecule has 0 saturated heterocycles. The van der Waals surface area contributed by atoms with Gasteiger partial charge in [0.25, 0.3) is 6.71 Å². The molecule has 2 aliphatic rings. The quantitative estimate of drug-likeness (QED) is 0.135. The lowest BCUT2D eigenvalue weighted by atomic mass is 9.33. The number of anilines is 6. The molecule has 14 aromatic carbocycles. The van der Waals surface area contributed by atoms with E-state index >= 15 is 0 Å². The predicted molar refractivity (Wildman–Crippen MR) is 497 cm³/mol. The van der Waals surface area contributed by atoms with Crippen LogP contribution in [-0.4, -0.2) is 25.4 Å². The molecule has 0 aliphatic carbocycles. The van der Waals surface area contributed by atoms with Crippen LogP contribution >= 0.6 is 0 Å². The molecule has 0 N–H and O–H groups in total. The summed E-state index contributed by atoms with van der Waals surface area (Å²) in [4.78, 5) is 10.3. The van der Waals surface area contributed by atoms with Crippen molar-refractivity contribution in [2.24, 2.45) is 0 Å². The van der Waals surface area contributed by atoms with Crippen LogP contribution in [0.5, 0.6) is 0 Å². The molecule has 20 rings (SSSR count). The lowest BCUT2D eigenvalue weighted by molar-refractivity contribution is 0.569. The molecule has 2 aliphatic heterocycles. The molecule has 0 atom stereocenters. The van der Waals surface area contributed by atoms with Crippen LogP contribution in [0.3, 0.4) is 0 Å². The maximum Gasteiger partial charge on any atom is 0.252 e. The fourth-order valence-corrected chi connectivity index (χ4v) is 17.8. The number of para-hydroxylation sites is 4.